The van der Waals surface area contributed by atoms with E-state index in [4.69, 9.17) is 5.11 Å². The van der Waals surface area contributed by atoms with Gasteiger partial charge < -0.3 is 39.3 Å². The topological polar surface area (TPSA) is 70.2 Å². The van der Waals surface area contributed by atoms with Gasteiger partial charge in [0, 0.05) is 49.7 Å². The van der Waals surface area contributed by atoms with Gasteiger partial charge in [0.15, 0.2) is 11.9 Å². The molecule has 0 fully saturated rings. The predicted molar refractivity (Wildman–Crippen MR) is 86.9 cm³/mol. The molecule has 0 radical (unpaired) electrons. The van der Waals surface area contributed by atoms with Crippen LogP contribution in [-0.2, 0) is 20.3 Å². The van der Waals surface area contributed by atoms with Crippen molar-refractivity contribution in [1.82, 2.24) is 0 Å². The minimum Gasteiger partial charge on any atom is -1.00 e. The van der Waals surface area contributed by atoms with Crippen LogP contribution in [0.15, 0.2) is 6.20 Å². The van der Waals surface area contributed by atoms with Gasteiger partial charge in [0.05, 0.1) is 6.61 Å². The first-order valence-corrected chi connectivity index (χ1v) is 17.1. The van der Waals surface area contributed by atoms with Crippen LogP contribution < -0.4 is 38.8 Å². The fourth-order valence-corrected chi connectivity index (χ4v) is 1.23. The minimum absolute atomic E-state index is 0. The summed E-state index contributed by atoms with van der Waals surface area (Å²) in [6.45, 7) is 0.819. The molecule has 1 aromatic heterocycles. The Morgan fingerprint density at radius 2 is 1.79 bits per heavy atom. The Hall–Kier alpha value is 1.86. The molecule has 0 aliphatic heterocycles. The van der Waals surface area contributed by atoms with Gasteiger partial charge in [-0.3, -0.25) is 0 Å². The monoisotopic (exact) mass is 713 g/mol. The van der Waals surface area contributed by atoms with Crippen LogP contribution in [0, 0.1) is 6.92 Å². The summed E-state index contributed by atoms with van der Waals surface area (Å²) >= 11 is 4.47. The summed E-state index contributed by atoms with van der Waals surface area (Å²) in [5, 5.41) is 31.0. The molecule has 0 amide bonds. The predicted octanol–water partition coefficient (Wildman–Crippen LogP) is -2.19. The van der Waals surface area contributed by atoms with Crippen molar-refractivity contribution < 1.29 is 43.9 Å². The van der Waals surface area contributed by atoms with Crippen LogP contribution in [0.5, 0.6) is 5.75 Å². The van der Waals surface area contributed by atoms with E-state index in [1.54, 1.807) is 24.7 Å². The summed E-state index contributed by atoms with van der Waals surface area (Å²) in [5.41, 5.74) is 1.12. The van der Waals surface area contributed by atoms with Crippen LogP contribution in [0.2, 0.25) is 9.88 Å². The standard InChI is InChI=1S/C9H13NO3.2CH3.I2.HI.Sn/c1-6-9(13)8(5-12)7(4-11)3-10(6)2;;;1-2;;/h3,11,13H,4-5H2,1-2H3;2*1H3;;1H;/q;;;;;+2/p-2. The number of hydrogen-bond donors (Lipinski definition) is 1. The summed E-state index contributed by atoms with van der Waals surface area (Å²) in [6.07, 6.45) is 1.62. The summed E-state index contributed by atoms with van der Waals surface area (Å²) in [6, 6.07) is 0. The number of halogens is 3. The molecule has 19 heavy (non-hydrogen) atoms. The zero-order valence-corrected chi connectivity index (χ0v) is 20.7. The average molecular weight is 712 g/mol. The molecule has 0 unspecified atom stereocenters. The van der Waals surface area contributed by atoms with E-state index in [1.807, 2.05) is 0 Å². The maximum atomic E-state index is 11.5. The zero-order valence-electron chi connectivity index (χ0n) is 11.3. The van der Waals surface area contributed by atoms with E-state index >= 15 is 0 Å². The fourth-order valence-electron chi connectivity index (χ4n) is 1.23. The van der Waals surface area contributed by atoms with Crippen molar-refractivity contribution in [2.75, 3.05) is 0 Å². The van der Waals surface area contributed by atoms with Gasteiger partial charge in [0.2, 0.25) is 0 Å². The Bertz CT molecular complexity index is 354. The van der Waals surface area contributed by atoms with Crippen molar-refractivity contribution in [1.29, 1.82) is 0 Å². The smallest absolute Gasteiger partial charge is 1.00 e. The van der Waals surface area contributed by atoms with Crippen molar-refractivity contribution >= 4 is 58.4 Å². The van der Waals surface area contributed by atoms with E-state index in [1.165, 1.54) is 0 Å². The molecule has 0 saturated carbocycles. The van der Waals surface area contributed by atoms with Gasteiger partial charge in [-0.25, -0.2) is 4.57 Å². The number of aliphatic hydroxyl groups is 1. The van der Waals surface area contributed by atoms with Gasteiger partial charge in [-0.2, -0.15) is 0 Å². The molecule has 0 saturated heterocycles. The van der Waals surface area contributed by atoms with Crippen molar-refractivity contribution in [3.05, 3.63) is 23.0 Å². The Kier molecular flexibility index (Phi) is 22.0. The van der Waals surface area contributed by atoms with Crippen LogP contribution in [0.1, 0.15) is 16.8 Å². The fraction of sp³-hybridized carbons (Fsp3) is 0.545. The SMILES string of the molecule is Cc1c([O-])c(C[O-])c(CO)c[n+]1C.II.[CH3][Sn+2][CH3].[I-]. The van der Waals surface area contributed by atoms with Crippen molar-refractivity contribution in [2.24, 2.45) is 7.05 Å². The molecule has 0 aliphatic carbocycles. The average Bonchev–Trinajstić information content (AvgIpc) is 2.39. The zero-order chi connectivity index (χ0) is 14.7. The Morgan fingerprint density at radius 1 is 1.37 bits per heavy atom. The van der Waals surface area contributed by atoms with Gasteiger partial charge in [-0.15, -0.1) is 6.61 Å². The molecule has 8 heteroatoms. The molecular formula is C11H18I3NO3Sn. The van der Waals surface area contributed by atoms with Crippen LogP contribution in [0.3, 0.4) is 0 Å². The first-order valence-electron chi connectivity index (χ1n) is 5.13. The second-order valence-electron chi connectivity index (χ2n) is 3.46. The Morgan fingerprint density at radius 3 is 2.11 bits per heavy atom. The Labute approximate surface area is 165 Å². The largest absolute Gasteiger partial charge is 1.00 e. The molecule has 1 aromatic rings. The molecule has 0 aromatic carbocycles. The summed E-state index contributed by atoms with van der Waals surface area (Å²) in [4.78, 5) is 4.59. The summed E-state index contributed by atoms with van der Waals surface area (Å²) in [5.74, 6) is -0.260. The van der Waals surface area contributed by atoms with Gasteiger partial charge in [-0.05, 0) is 5.75 Å². The van der Waals surface area contributed by atoms with Gasteiger partial charge in [-0.1, -0.05) is 5.56 Å². The first kappa shape index (κ1) is 25.8. The number of aryl methyl sites for hydroxylation is 1. The molecule has 110 valence electrons. The van der Waals surface area contributed by atoms with Crippen molar-refractivity contribution in [3.63, 3.8) is 0 Å². The van der Waals surface area contributed by atoms with Gasteiger partial charge in [0.1, 0.15) is 7.05 Å². The molecule has 1 rings (SSSR count). The van der Waals surface area contributed by atoms with E-state index in [0.29, 0.717) is 11.3 Å². The molecular weight excluding hydrogens is 694 g/mol. The minimum atomic E-state index is -0.573. The van der Waals surface area contributed by atoms with Crippen LogP contribution >= 0.6 is 37.2 Å². The van der Waals surface area contributed by atoms with Gasteiger partial charge in [0.25, 0.3) is 0 Å². The number of aromatic nitrogens is 1. The third-order valence-electron chi connectivity index (χ3n) is 2.18. The summed E-state index contributed by atoms with van der Waals surface area (Å²) < 4.78 is 1.62. The molecule has 0 spiro atoms. The van der Waals surface area contributed by atoms with Gasteiger partial charge >= 0.3 is 31.0 Å². The number of hydrogen-bond acceptors (Lipinski definition) is 3. The maximum Gasteiger partial charge on any atom is -1.00 e. The second kappa shape index (κ2) is 16.2. The number of nitrogens with zero attached hydrogens (tertiary/aromatic N) is 1. The Balaban J connectivity index is -0.000000376. The number of aliphatic hydroxyl groups excluding tert-OH is 1. The second-order valence-corrected chi connectivity index (χ2v) is 6.31. The number of pyridine rings is 1. The molecule has 0 atom stereocenters. The molecule has 1 N–H and O–H groups in total. The van der Waals surface area contributed by atoms with E-state index in [2.05, 4.69) is 47.1 Å². The maximum absolute atomic E-state index is 11.5. The van der Waals surface area contributed by atoms with Crippen LogP contribution in [0.25, 0.3) is 0 Å². The van der Waals surface area contributed by atoms with E-state index in [0.717, 1.165) is 0 Å². The third-order valence-corrected chi connectivity index (χ3v) is 2.18. The van der Waals surface area contributed by atoms with E-state index in [9.17, 15) is 10.2 Å². The normalized spacial score (nSPS) is 8.00. The van der Waals surface area contributed by atoms with Crippen molar-refractivity contribution in [2.45, 2.75) is 30.0 Å². The van der Waals surface area contributed by atoms with Crippen LogP contribution in [-0.4, -0.2) is 26.2 Å². The first-order chi connectivity index (χ1) is 8.53. The molecule has 0 bridgehead atoms. The molecule has 0 aliphatic rings. The quantitative estimate of drug-likeness (QED) is 0.216. The van der Waals surface area contributed by atoms with E-state index in [-0.39, 0.29) is 63.0 Å². The molecule has 1 heterocycles. The van der Waals surface area contributed by atoms with Crippen molar-refractivity contribution in [3.8, 4) is 5.75 Å². The van der Waals surface area contributed by atoms with Crippen LogP contribution in [0.4, 0.5) is 0 Å². The summed E-state index contributed by atoms with van der Waals surface area (Å²) in [7, 11) is 1.71. The number of rotatable bonds is 2. The molecule has 4 nitrogen and oxygen atoms in total. The third kappa shape index (κ3) is 9.47. The van der Waals surface area contributed by atoms with E-state index < -0.39 is 6.61 Å².